The lowest BCUT2D eigenvalue weighted by molar-refractivity contribution is 0.0850. The van der Waals surface area contributed by atoms with E-state index in [9.17, 15) is 9.90 Å². The predicted molar refractivity (Wildman–Crippen MR) is 92.1 cm³/mol. The van der Waals surface area contributed by atoms with Crippen molar-refractivity contribution in [1.29, 1.82) is 0 Å². The van der Waals surface area contributed by atoms with Crippen LogP contribution >= 0.6 is 0 Å². The highest BCUT2D eigenvalue weighted by molar-refractivity contribution is 5.92. The lowest BCUT2D eigenvalue weighted by atomic mass is 9.87. The highest BCUT2D eigenvalue weighted by atomic mass is 16.5. The number of carbonyl (C=O) groups excluding carboxylic acids is 1. The van der Waals surface area contributed by atoms with Crippen LogP contribution in [0, 0.1) is 0 Å². The van der Waals surface area contributed by atoms with E-state index in [1.54, 1.807) is 23.9 Å². The highest BCUT2D eigenvalue weighted by Crippen LogP contribution is 2.32. The fourth-order valence-electron chi connectivity index (χ4n) is 2.97. The third-order valence-corrected chi connectivity index (χ3v) is 4.58. The quantitative estimate of drug-likeness (QED) is 0.728. The molecular weight excluding hydrogens is 334 g/mol. The minimum absolute atomic E-state index is 0.0528. The topological polar surface area (TPSA) is 106 Å². The van der Waals surface area contributed by atoms with Crippen LogP contribution in [-0.2, 0) is 0 Å². The van der Waals surface area contributed by atoms with E-state index in [2.05, 4.69) is 20.8 Å². The Bertz CT molecular complexity index is 896. The van der Waals surface area contributed by atoms with Gasteiger partial charge in [-0.15, -0.1) is 5.10 Å². The second-order valence-electron chi connectivity index (χ2n) is 6.54. The fourth-order valence-corrected chi connectivity index (χ4v) is 2.97. The summed E-state index contributed by atoms with van der Waals surface area (Å²) >= 11 is 0. The van der Waals surface area contributed by atoms with E-state index in [0.29, 0.717) is 11.4 Å². The zero-order chi connectivity index (χ0) is 18.1. The summed E-state index contributed by atoms with van der Waals surface area (Å²) in [5.74, 6) is -0.0733. The maximum absolute atomic E-state index is 12.3. The minimum atomic E-state index is -0.635. The molecule has 0 radical (unpaired) electrons. The van der Waals surface area contributed by atoms with Gasteiger partial charge in [-0.3, -0.25) is 4.79 Å². The monoisotopic (exact) mass is 353 g/mol. The van der Waals surface area contributed by atoms with Crippen molar-refractivity contribution in [2.75, 3.05) is 0 Å². The molecule has 0 aliphatic heterocycles. The second-order valence-corrected chi connectivity index (χ2v) is 6.54. The third kappa shape index (κ3) is 3.23. The molecule has 1 atom stereocenters. The average molecular weight is 353 g/mol. The molecule has 1 aliphatic carbocycles. The number of nitrogens with zero attached hydrogens (tertiary/aromatic N) is 4. The van der Waals surface area contributed by atoms with E-state index in [1.165, 1.54) is 0 Å². The maximum Gasteiger partial charge on any atom is 0.290 e. The SMILES string of the molecule is C[C@H](O)c1cn(C2CC(NC(=O)c3cc(-c4ccccc4)no3)C2)nn1. The van der Waals surface area contributed by atoms with Crippen molar-refractivity contribution in [1.82, 2.24) is 25.5 Å². The van der Waals surface area contributed by atoms with Gasteiger partial charge in [0.15, 0.2) is 0 Å². The first-order chi connectivity index (χ1) is 12.6. The van der Waals surface area contributed by atoms with Gasteiger partial charge < -0.3 is 14.9 Å². The number of hydrogen-bond donors (Lipinski definition) is 2. The van der Waals surface area contributed by atoms with Gasteiger partial charge in [0, 0.05) is 17.7 Å². The molecule has 0 bridgehead atoms. The summed E-state index contributed by atoms with van der Waals surface area (Å²) in [6, 6.07) is 11.4. The summed E-state index contributed by atoms with van der Waals surface area (Å²) < 4.78 is 6.92. The summed E-state index contributed by atoms with van der Waals surface area (Å²) in [6.45, 7) is 1.65. The van der Waals surface area contributed by atoms with Crippen LogP contribution in [0.25, 0.3) is 11.3 Å². The molecule has 134 valence electrons. The molecule has 1 saturated carbocycles. The minimum Gasteiger partial charge on any atom is -0.387 e. The van der Waals surface area contributed by atoms with Crippen LogP contribution in [0.5, 0.6) is 0 Å². The smallest absolute Gasteiger partial charge is 0.290 e. The lowest BCUT2D eigenvalue weighted by Crippen LogP contribution is -2.45. The third-order valence-electron chi connectivity index (χ3n) is 4.58. The molecule has 1 fully saturated rings. The van der Waals surface area contributed by atoms with Gasteiger partial charge in [-0.1, -0.05) is 40.7 Å². The Morgan fingerprint density at radius 1 is 1.35 bits per heavy atom. The van der Waals surface area contributed by atoms with Gasteiger partial charge >= 0.3 is 0 Å². The molecule has 8 nitrogen and oxygen atoms in total. The Morgan fingerprint density at radius 2 is 2.12 bits per heavy atom. The first kappa shape index (κ1) is 16.5. The number of aliphatic hydroxyl groups excluding tert-OH is 1. The van der Waals surface area contributed by atoms with Crippen LogP contribution in [-0.4, -0.2) is 37.2 Å². The van der Waals surface area contributed by atoms with Gasteiger partial charge in [0.2, 0.25) is 5.76 Å². The van der Waals surface area contributed by atoms with E-state index in [4.69, 9.17) is 4.52 Å². The molecule has 1 aliphatic rings. The Kier molecular flexibility index (Phi) is 4.26. The van der Waals surface area contributed by atoms with Crippen molar-refractivity contribution in [3.63, 3.8) is 0 Å². The number of aliphatic hydroxyl groups is 1. The van der Waals surface area contributed by atoms with Crippen molar-refractivity contribution in [3.8, 4) is 11.3 Å². The van der Waals surface area contributed by atoms with Gasteiger partial charge in [0.1, 0.15) is 11.4 Å². The molecule has 3 aromatic rings. The van der Waals surface area contributed by atoms with E-state index < -0.39 is 6.10 Å². The van der Waals surface area contributed by atoms with Crippen molar-refractivity contribution in [3.05, 3.63) is 54.0 Å². The standard InChI is InChI=1S/C18H19N5O3/c1-11(24)16-10-23(22-20-16)14-7-13(8-14)19-18(25)17-9-15(21-26-17)12-5-3-2-4-6-12/h2-6,9-11,13-14,24H,7-8H2,1H3,(H,19,25)/t11-,13?,14?/m0/s1. The second kappa shape index (κ2) is 6.72. The van der Waals surface area contributed by atoms with Gasteiger partial charge in [0.05, 0.1) is 18.3 Å². The Balaban J connectivity index is 1.33. The fraction of sp³-hybridized carbons (Fsp3) is 0.333. The van der Waals surface area contributed by atoms with Gasteiger partial charge in [-0.25, -0.2) is 4.68 Å². The summed E-state index contributed by atoms with van der Waals surface area (Å²) in [5.41, 5.74) is 2.09. The van der Waals surface area contributed by atoms with Gasteiger partial charge in [-0.2, -0.15) is 0 Å². The normalized spacial score (nSPS) is 20.4. The van der Waals surface area contributed by atoms with Crippen molar-refractivity contribution < 1.29 is 14.4 Å². The summed E-state index contributed by atoms with van der Waals surface area (Å²) in [4.78, 5) is 12.3. The van der Waals surface area contributed by atoms with E-state index in [1.807, 2.05) is 30.3 Å². The maximum atomic E-state index is 12.3. The summed E-state index contributed by atoms with van der Waals surface area (Å²) in [6.07, 6.45) is 2.63. The Hall–Kier alpha value is -3.00. The zero-order valence-electron chi connectivity index (χ0n) is 14.2. The van der Waals surface area contributed by atoms with Gasteiger partial charge in [-0.05, 0) is 19.8 Å². The number of rotatable bonds is 5. The molecule has 2 N–H and O–H groups in total. The first-order valence-electron chi connectivity index (χ1n) is 8.53. The Labute approximate surface area is 149 Å². The molecule has 26 heavy (non-hydrogen) atoms. The molecule has 2 aromatic heterocycles. The number of carbonyl (C=O) groups is 1. The molecule has 8 heteroatoms. The van der Waals surface area contributed by atoms with Crippen LogP contribution in [0.4, 0.5) is 0 Å². The van der Waals surface area contributed by atoms with Crippen LogP contribution in [0.1, 0.15) is 48.2 Å². The summed E-state index contributed by atoms with van der Waals surface area (Å²) in [5, 5.41) is 24.4. The first-order valence-corrected chi connectivity index (χ1v) is 8.53. The molecule has 1 amide bonds. The molecular formula is C18H19N5O3. The molecule has 2 heterocycles. The van der Waals surface area contributed by atoms with Crippen LogP contribution in [0.2, 0.25) is 0 Å². The lowest BCUT2D eigenvalue weighted by Gasteiger charge is -2.35. The van der Waals surface area contributed by atoms with Crippen molar-refractivity contribution in [2.45, 2.75) is 38.0 Å². The number of hydrogen-bond acceptors (Lipinski definition) is 6. The molecule has 4 rings (SSSR count). The largest absolute Gasteiger partial charge is 0.387 e. The van der Waals surface area contributed by atoms with E-state index in [-0.39, 0.29) is 23.8 Å². The molecule has 1 aromatic carbocycles. The number of nitrogens with one attached hydrogen (secondary N) is 1. The van der Waals surface area contributed by atoms with Gasteiger partial charge in [0.25, 0.3) is 5.91 Å². The van der Waals surface area contributed by atoms with Crippen molar-refractivity contribution in [2.24, 2.45) is 0 Å². The summed E-state index contributed by atoms with van der Waals surface area (Å²) in [7, 11) is 0. The highest BCUT2D eigenvalue weighted by Gasteiger charge is 2.33. The molecule has 0 spiro atoms. The Morgan fingerprint density at radius 3 is 2.81 bits per heavy atom. The van der Waals surface area contributed by atoms with E-state index >= 15 is 0 Å². The zero-order valence-corrected chi connectivity index (χ0v) is 14.2. The predicted octanol–water partition coefficient (Wildman–Crippen LogP) is 2.12. The van der Waals surface area contributed by atoms with Crippen LogP contribution in [0.3, 0.4) is 0 Å². The molecule has 0 saturated heterocycles. The van der Waals surface area contributed by atoms with Crippen LogP contribution in [0.15, 0.2) is 47.1 Å². The number of benzene rings is 1. The number of amides is 1. The van der Waals surface area contributed by atoms with Crippen LogP contribution < -0.4 is 5.32 Å². The molecule has 0 unspecified atom stereocenters. The van der Waals surface area contributed by atoms with E-state index in [0.717, 1.165) is 18.4 Å². The average Bonchev–Trinajstić information content (AvgIpc) is 3.28. The van der Waals surface area contributed by atoms with Crippen molar-refractivity contribution >= 4 is 5.91 Å². The number of aromatic nitrogens is 4.